The summed E-state index contributed by atoms with van der Waals surface area (Å²) >= 11 is 0. The molecule has 1 aromatic carbocycles. The lowest BCUT2D eigenvalue weighted by Gasteiger charge is -2.18. The van der Waals surface area contributed by atoms with Crippen LogP contribution in [0.2, 0.25) is 0 Å². The van der Waals surface area contributed by atoms with Crippen LogP contribution in [0, 0.1) is 11.2 Å². The van der Waals surface area contributed by atoms with E-state index in [1.807, 2.05) is 0 Å². The van der Waals surface area contributed by atoms with Gasteiger partial charge in [0.1, 0.15) is 5.82 Å². The second kappa shape index (κ2) is 6.05. The normalized spacial score (nSPS) is 11.1. The summed E-state index contributed by atoms with van der Waals surface area (Å²) in [6.07, 6.45) is 2.82. The minimum atomic E-state index is -0.617. The number of hydrogen-bond acceptors (Lipinski definition) is 3. The third kappa shape index (κ3) is 3.36. The highest BCUT2D eigenvalue weighted by Gasteiger charge is 2.24. The van der Waals surface area contributed by atoms with Crippen molar-refractivity contribution >= 4 is 17.4 Å². The van der Waals surface area contributed by atoms with Gasteiger partial charge in [0.15, 0.2) is 5.78 Å². The van der Waals surface area contributed by atoms with E-state index in [2.05, 4.69) is 10.3 Å². The van der Waals surface area contributed by atoms with Crippen molar-refractivity contribution in [2.75, 3.05) is 5.32 Å². The average molecular weight is 300 g/mol. The lowest BCUT2D eigenvalue weighted by molar-refractivity contribution is -0.123. The maximum atomic E-state index is 13.8. The van der Waals surface area contributed by atoms with Crippen LogP contribution in [0.15, 0.2) is 42.7 Å². The smallest absolute Gasteiger partial charge is 0.229 e. The van der Waals surface area contributed by atoms with Gasteiger partial charge < -0.3 is 5.32 Å². The Bertz CT molecular complexity index is 721. The summed E-state index contributed by atoms with van der Waals surface area (Å²) in [5.41, 5.74) is -0.179. The number of rotatable bonds is 3. The molecule has 2 aromatic rings. The van der Waals surface area contributed by atoms with Gasteiger partial charge in [-0.1, -0.05) is 32.9 Å². The summed E-state index contributed by atoms with van der Waals surface area (Å²) in [6.45, 7) is 5.28. The molecule has 0 aliphatic rings. The van der Waals surface area contributed by atoms with Crippen LogP contribution in [0.25, 0.3) is 0 Å². The molecule has 2 rings (SSSR count). The molecular weight excluding hydrogens is 283 g/mol. The van der Waals surface area contributed by atoms with Crippen molar-refractivity contribution in [3.63, 3.8) is 0 Å². The Morgan fingerprint density at radius 2 is 1.77 bits per heavy atom. The van der Waals surface area contributed by atoms with Gasteiger partial charge >= 0.3 is 0 Å². The largest absolute Gasteiger partial charge is 0.324 e. The predicted molar refractivity (Wildman–Crippen MR) is 82.2 cm³/mol. The van der Waals surface area contributed by atoms with Crippen LogP contribution in [0.3, 0.4) is 0 Å². The topological polar surface area (TPSA) is 59.1 Å². The average Bonchev–Trinajstić information content (AvgIpc) is 2.46. The van der Waals surface area contributed by atoms with Gasteiger partial charge in [-0.15, -0.1) is 0 Å². The third-order valence-corrected chi connectivity index (χ3v) is 3.11. The lowest BCUT2D eigenvalue weighted by Crippen LogP contribution is -2.28. The Hall–Kier alpha value is -2.56. The zero-order valence-corrected chi connectivity index (χ0v) is 12.7. The molecule has 1 amide bonds. The summed E-state index contributed by atoms with van der Waals surface area (Å²) in [6, 6.07) is 7.20. The summed E-state index contributed by atoms with van der Waals surface area (Å²) in [7, 11) is 0. The molecule has 114 valence electrons. The van der Waals surface area contributed by atoms with Crippen molar-refractivity contribution < 1.29 is 14.0 Å². The fraction of sp³-hybridized carbons (Fsp3) is 0.235. The van der Waals surface area contributed by atoms with Crippen LogP contribution in [-0.4, -0.2) is 16.7 Å². The molecule has 0 bridgehead atoms. The summed E-state index contributed by atoms with van der Waals surface area (Å²) < 4.78 is 13.8. The van der Waals surface area contributed by atoms with Gasteiger partial charge in [0.2, 0.25) is 5.91 Å². The van der Waals surface area contributed by atoms with E-state index in [1.54, 1.807) is 26.8 Å². The molecule has 0 aliphatic heterocycles. The van der Waals surface area contributed by atoms with E-state index in [1.165, 1.54) is 36.7 Å². The summed E-state index contributed by atoms with van der Waals surface area (Å²) in [4.78, 5) is 28.5. The van der Waals surface area contributed by atoms with Crippen molar-refractivity contribution in [3.05, 3.63) is 59.7 Å². The molecule has 0 aliphatic carbocycles. The Morgan fingerprint density at radius 1 is 1.09 bits per heavy atom. The van der Waals surface area contributed by atoms with Gasteiger partial charge in [0, 0.05) is 17.2 Å². The molecular formula is C17H17FN2O2. The second-order valence-corrected chi connectivity index (χ2v) is 5.93. The van der Waals surface area contributed by atoms with Crippen molar-refractivity contribution in [2.24, 2.45) is 5.41 Å². The van der Waals surface area contributed by atoms with Gasteiger partial charge in [-0.3, -0.25) is 14.6 Å². The molecule has 1 N–H and O–H groups in total. The molecule has 0 spiro atoms. The van der Waals surface area contributed by atoms with E-state index in [0.717, 1.165) is 0 Å². The molecule has 0 radical (unpaired) electrons. The van der Waals surface area contributed by atoms with E-state index >= 15 is 0 Å². The zero-order chi connectivity index (χ0) is 16.3. The van der Waals surface area contributed by atoms with Crippen LogP contribution in [0.5, 0.6) is 0 Å². The Kier molecular flexibility index (Phi) is 4.35. The highest BCUT2D eigenvalue weighted by atomic mass is 19.1. The summed E-state index contributed by atoms with van der Waals surface area (Å²) in [5, 5.41) is 2.68. The number of amides is 1. The van der Waals surface area contributed by atoms with E-state index in [4.69, 9.17) is 0 Å². The number of pyridine rings is 1. The summed E-state index contributed by atoms with van der Waals surface area (Å²) in [5.74, 6) is -1.34. The fourth-order valence-electron chi connectivity index (χ4n) is 1.79. The molecule has 0 fully saturated rings. The van der Waals surface area contributed by atoms with Crippen molar-refractivity contribution in [1.29, 1.82) is 0 Å². The van der Waals surface area contributed by atoms with Crippen molar-refractivity contribution in [3.8, 4) is 0 Å². The molecule has 0 unspecified atom stereocenters. The van der Waals surface area contributed by atoms with Crippen molar-refractivity contribution in [1.82, 2.24) is 4.98 Å². The van der Waals surface area contributed by atoms with Crippen LogP contribution in [-0.2, 0) is 4.79 Å². The standard InChI is InChI=1S/C17H17FN2O2/c1-17(2,3)16(22)20-14-10-19-9-8-12(14)15(21)11-6-4-5-7-13(11)18/h4-10H,1-3H3,(H,20,22). The third-order valence-electron chi connectivity index (χ3n) is 3.11. The number of nitrogens with one attached hydrogen (secondary N) is 1. The quantitative estimate of drug-likeness (QED) is 0.883. The Balaban J connectivity index is 2.39. The highest BCUT2D eigenvalue weighted by Crippen LogP contribution is 2.22. The molecule has 0 saturated heterocycles. The molecule has 0 atom stereocenters. The molecule has 5 heteroatoms. The number of halogens is 1. The van der Waals surface area contributed by atoms with E-state index in [-0.39, 0.29) is 22.7 Å². The van der Waals surface area contributed by atoms with Gasteiger partial charge in [-0.2, -0.15) is 0 Å². The van der Waals surface area contributed by atoms with E-state index in [9.17, 15) is 14.0 Å². The Morgan fingerprint density at radius 3 is 2.41 bits per heavy atom. The molecule has 0 saturated carbocycles. The first-order valence-electron chi connectivity index (χ1n) is 6.85. The molecule has 1 heterocycles. The van der Waals surface area contributed by atoms with Crippen LogP contribution in [0.1, 0.15) is 36.7 Å². The monoisotopic (exact) mass is 300 g/mol. The highest BCUT2D eigenvalue weighted by molar-refractivity contribution is 6.14. The van der Waals surface area contributed by atoms with Crippen LogP contribution in [0.4, 0.5) is 10.1 Å². The first kappa shape index (κ1) is 15.8. The first-order valence-corrected chi connectivity index (χ1v) is 6.85. The first-order chi connectivity index (χ1) is 10.3. The van der Waals surface area contributed by atoms with Gasteiger partial charge in [0.25, 0.3) is 0 Å². The maximum Gasteiger partial charge on any atom is 0.229 e. The number of nitrogens with zero attached hydrogens (tertiary/aromatic N) is 1. The van der Waals surface area contributed by atoms with Crippen molar-refractivity contribution in [2.45, 2.75) is 20.8 Å². The van der Waals surface area contributed by atoms with Crippen LogP contribution >= 0.6 is 0 Å². The number of benzene rings is 1. The molecule has 1 aromatic heterocycles. The van der Waals surface area contributed by atoms with Gasteiger partial charge in [-0.25, -0.2) is 4.39 Å². The SMILES string of the molecule is CC(C)(C)C(=O)Nc1cnccc1C(=O)c1ccccc1F. The number of hydrogen-bond donors (Lipinski definition) is 1. The number of carbonyl (C=O) groups excluding carboxylic acids is 2. The molecule has 22 heavy (non-hydrogen) atoms. The number of ketones is 1. The Labute approximate surface area is 128 Å². The zero-order valence-electron chi connectivity index (χ0n) is 12.7. The molecule has 4 nitrogen and oxygen atoms in total. The second-order valence-electron chi connectivity index (χ2n) is 5.93. The van der Waals surface area contributed by atoms with Gasteiger partial charge in [0.05, 0.1) is 17.4 Å². The van der Waals surface area contributed by atoms with E-state index in [0.29, 0.717) is 0 Å². The number of carbonyl (C=O) groups is 2. The minimum Gasteiger partial charge on any atom is -0.324 e. The van der Waals surface area contributed by atoms with Crippen LogP contribution < -0.4 is 5.32 Å². The predicted octanol–water partition coefficient (Wildman–Crippen LogP) is 3.44. The van der Waals surface area contributed by atoms with E-state index < -0.39 is 17.0 Å². The fourth-order valence-corrected chi connectivity index (χ4v) is 1.79. The lowest BCUT2D eigenvalue weighted by atomic mass is 9.95. The number of aromatic nitrogens is 1. The number of anilines is 1. The van der Waals surface area contributed by atoms with Gasteiger partial charge in [-0.05, 0) is 18.2 Å². The maximum absolute atomic E-state index is 13.8. The minimum absolute atomic E-state index is 0.0417.